The van der Waals surface area contributed by atoms with Crippen molar-refractivity contribution >= 4 is 16.6 Å². The van der Waals surface area contributed by atoms with Crippen LogP contribution in [-0.4, -0.2) is 15.9 Å². The van der Waals surface area contributed by atoms with Crippen molar-refractivity contribution in [1.29, 1.82) is 0 Å². The van der Waals surface area contributed by atoms with Crippen LogP contribution in [0.15, 0.2) is 60.5 Å². The second-order valence-electron chi connectivity index (χ2n) is 7.04. The zero-order chi connectivity index (χ0) is 18.9. The molecule has 0 saturated carbocycles. The Balaban J connectivity index is 0.000000285. The molecule has 0 amide bonds. The number of ketones is 1. The number of aliphatic hydroxyl groups excluding tert-OH is 1. The van der Waals surface area contributed by atoms with Crippen LogP contribution in [0.2, 0.25) is 0 Å². The number of carbonyl (C=O) groups excluding carboxylic acids is 1. The van der Waals surface area contributed by atoms with Crippen LogP contribution in [0, 0.1) is 6.07 Å². The summed E-state index contributed by atoms with van der Waals surface area (Å²) in [6, 6.07) is 18.2. The van der Waals surface area contributed by atoms with Gasteiger partial charge in [-0.2, -0.15) is 0 Å². The van der Waals surface area contributed by atoms with Crippen LogP contribution in [0.1, 0.15) is 38.8 Å². The summed E-state index contributed by atoms with van der Waals surface area (Å²) in [7, 11) is 0. The minimum atomic E-state index is -0.125. The van der Waals surface area contributed by atoms with E-state index in [4.69, 9.17) is 5.11 Å². The molecule has 27 heavy (non-hydrogen) atoms. The molecular formula is C23H22IrNO2-. The molecule has 2 aromatic carbocycles. The fourth-order valence-electron chi connectivity index (χ4n) is 3.53. The molecule has 0 spiro atoms. The van der Waals surface area contributed by atoms with Crippen LogP contribution >= 0.6 is 0 Å². The number of aromatic nitrogens is 1. The first-order valence-electron chi connectivity index (χ1n) is 8.60. The molecule has 1 aliphatic carbocycles. The van der Waals surface area contributed by atoms with Crippen LogP contribution in [0.3, 0.4) is 0 Å². The van der Waals surface area contributed by atoms with Crippen molar-refractivity contribution in [2.75, 3.05) is 0 Å². The van der Waals surface area contributed by atoms with Crippen molar-refractivity contribution in [2.45, 2.75) is 33.1 Å². The number of carbonyl (C=O) groups is 1. The van der Waals surface area contributed by atoms with Gasteiger partial charge in [-0.05, 0) is 47.4 Å². The fourth-order valence-corrected chi connectivity index (χ4v) is 3.53. The average Bonchev–Trinajstić information content (AvgIpc) is 2.59. The maximum Gasteiger partial charge on any atom is 0.155 e. The van der Waals surface area contributed by atoms with E-state index < -0.39 is 0 Å². The molecule has 0 bridgehead atoms. The van der Waals surface area contributed by atoms with Gasteiger partial charge in [-0.1, -0.05) is 32.0 Å². The molecule has 141 valence electrons. The van der Waals surface area contributed by atoms with E-state index in [-0.39, 0.29) is 37.1 Å². The molecule has 1 aliphatic rings. The molecular weight excluding hydrogens is 514 g/mol. The zero-order valence-corrected chi connectivity index (χ0v) is 18.2. The summed E-state index contributed by atoms with van der Waals surface area (Å²) in [5.74, 6) is -0.0625. The van der Waals surface area contributed by atoms with Crippen LogP contribution in [0.5, 0.6) is 0 Å². The summed E-state index contributed by atoms with van der Waals surface area (Å²) in [6.45, 7) is 7.41. The molecule has 1 heterocycles. The van der Waals surface area contributed by atoms with E-state index in [0.717, 1.165) is 11.3 Å². The van der Waals surface area contributed by atoms with E-state index in [0.29, 0.717) is 0 Å². The second-order valence-corrected chi connectivity index (χ2v) is 7.04. The van der Waals surface area contributed by atoms with E-state index in [2.05, 4.69) is 61.3 Å². The van der Waals surface area contributed by atoms with Gasteiger partial charge in [0.15, 0.2) is 5.78 Å². The predicted molar refractivity (Wildman–Crippen MR) is 105 cm³/mol. The van der Waals surface area contributed by atoms with Gasteiger partial charge in [-0.25, -0.2) is 0 Å². The molecule has 4 heteroatoms. The topological polar surface area (TPSA) is 50.2 Å². The maximum absolute atomic E-state index is 10.0. The summed E-state index contributed by atoms with van der Waals surface area (Å²) in [5.41, 5.74) is 4.90. The summed E-state index contributed by atoms with van der Waals surface area (Å²) in [5, 5.41) is 10.9. The number of fused-ring (bicyclic) bond motifs is 2. The van der Waals surface area contributed by atoms with Crippen LogP contribution < -0.4 is 0 Å². The zero-order valence-electron chi connectivity index (χ0n) is 15.8. The first-order valence-corrected chi connectivity index (χ1v) is 8.60. The third-order valence-corrected chi connectivity index (χ3v) is 4.64. The van der Waals surface area contributed by atoms with E-state index >= 15 is 0 Å². The Labute approximate surface area is 173 Å². The SMILES string of the molecule is CC(=O)/C=C(/C)O.CC1(C)c2ccc[c-]c2-c2nccc3cccc1c23.[Ir]. The monoisotopic (exact) mass is 537 g/mol. The van der Waals surface area contributed by atoms with Gasteiger partial charge in [0.05, 0.1) is 5.76 Å². The number of aliphatic hydroxyl groups is 1. The number of benzene rings is 2. The predicted octanol–water partition coefficient (Wildman–Crippen LogP) is 5.38. The van der Waals surface area contributed by atoms with Crippen molar-refractivity contribution in [2.24, 2.45) is 0 Å². The largest absolute Gasteiger partial charge is 0.512 e. The second kappa shape index (κ2) is 8.16. The van der Waals surface area contributed by atoms with Gasteiger partial charge in [0.25, 0.3) is 0 Å². The van der Waals surface area contributed by atoms with Crippen LogP contribution in [0.25, 0.3) is 22.0 Å². The van der Waals surface area contributed by atoms with E-state index in [1.54, 1.807) is 0 Å². The van der Waals surface area contributed by atoms with Crippen molar-refractivity contribution < 1.29 is 30.0 Å². The molecule has 1 radical (unpaired) electrons. The Morgan fingerprint density at radius 3 is 2.44 bits per heavy atom. The number of hydrogen-bond acceptors (Lipinski definition) is 3. The third kappa shape index (κ3) is 4.02. The molecule has 1 N–H and O–H groups in total. The summed E-state index contributed by atoms with van der Waals surface area (Å²) in [6.07, 6.45) is 3.06. The Kier molecular flexibility index (Phi) is 6.35. The summed E-state index contributed by atoms with van der Waals surface area (Å²) >= 11 is 0. The van der Waals surface area contributed by atoms with Gasteiger partial charge in [0, 0.05) is 32.4 Å². The van der Waals surface area contributed by atoms with Gasteiger partial charge in [-0.15, -0.1) is 35.4 Å². The molecule has 1 aromatic heterocycles. The van der Waals surface area contributed by atoms with Crippen molar-refractivity contribution in [3.63, 3.8) is 0 Å². The average molecular weight is 537 g/mol. The molecule has 0 saturated heterocycles. The Hall–Kier alpha value is -2.29. The van der Waals surface area contributed by atoms with E-state index in [9.17, 15) is 4.79 Å². The Morgan fingerprint density at radius 1 is 1.11 bits per heavy atom. The maximum atomic E-state index is 10.0. The van der Waals surface area contributed by atoms with Gasteiger partial charge in [0.1, 0.15) is 0 Å². The minimum Gasteiger partial charge on any atom is -0.512 e. The van der Waals surface area contributed by atoms with Crippen molar-refractivity contribution in [1.82, 2.24) is 4.98 Å². The quantitative estimate of drug-likeness (QED) is 0.258. The molecule has 0 unspecified atom stereocenters. The van der Waals surface area contributed by atoms with Crippen LogP contribution in [-0.2, 0) is 30.3 Å². The Bertz CT molecular complexity index is 1010. The van der Waals surface area contributed by atoms with Gasteiger partial charge < -0.3 is 10.1 Å². The van der Waals surface area contributed by atoms with Gasteiger partial charge >= 0.3 is 0 Å². The number of nitrogens with zero attached hydrogens (tertiary/aromatic N) is 1. The third-order valence-electron chi connectivity index (χ3n) is 4.64. The fraction of sp³-hybridized carbons (Fsp3) is 0.217. The molecule has 0 atom stereocenters. The van der Waals surface area contributed by atoms with Crippen LogP contribution in [0.4, 0.5) is 0 Å². The molecule has 0 aliphatic heterocycles. The molecule has 3 nitrogen and oxygen atoms in total. The van der Waals surface area contributed by atoms with Gasteiger partial charge in [-0.3, -0.25) is 4.79 Å². The number of allylic oxidation sites excluding steroid dienone is 2. The first kappa shape index (κ1) is 21.0. The number of hydrogen-bond donors (Lipinski definition) is 1. The molecule has 3 aromatic rings. The summed E-state index contributed by atoms with van der Waals surface area (Å²) in [4.78, 5) is 14.6. The van der Waals surface area contributed by atoms with E-state index in [1.165, 1.54) is 41.8 Å². The smallest absolute Gasteiger partial charge is 0.155 e. The molecule has 4 rings (SSSR count). The number of pyridine rings is 1. The normalized spacial score (nSPS) is 13.7. The van der Waals surface area contributed by atoms with Crippen molar-refractivity contribution in [3.05, 3.63) is 77.7 Å². The number of rotatable bonds is 1. The van der Waals surface area contributed by atoms with E-state index in [1.807, 2.05) is 12.3 Å². The molecule has 0 fully saturated rings. The first-order chi connectivity index (χ1) is 12.3. The van der Waals surface area contributed by atoms with Crippen molar-refractivity contribution in [3.8, 4) is 11.3 Å². The standard InChI is InChI=1S/C18H14N.C5H8O2.Ir/c1-18(2)14-8-4-3-7-13(14)17-16-12(10-11-19-17)6-5-9-15(16)18;1-4(6)3-5(2)7;/h3-6,8-11H,1-2H3;3,6H,1-2H3;/q-1;;/b;4-3-;. The Morgan fingerprint density at radius 2 is 1.81 bits per heavy atom. The minimum absolute atomic E-state index is 0. The summed E-state index contributed by atoms with van der Waals surface area (Å²) < 4.78 is 0. The van der Waals surface area contributed by atoms with Gasteiger partial charge in [0.2, 0.25) is 0 Å².